The van der Waals surface area contributed by atoms with E-state index in [1.54, 1.807) is 13.1 Å². The third-order valence-corrected chi connectivity index (χ3v) is 3.44. The van der Waals surface area contributed by atoms with Gasteiger partial charge in [-0.25, -0.2) is 4.98 Å². The second-order valence-corrected chi connectivity index (χ2v) is 5.14. The van der Waals surface area contributed by atoms with Crippen LogP contribution in [0.5, 0.6) is 0 Å². The van der Waals surface area contributed by atoms with E-state index in [1.807, 2.05) is 0 Å². The maximum atomic E-state index is 10.9. The number of nitro groups is 1. The van der Waals surface area contributed by atoms with Gasteiger partial charge in [-0.15, -0.1) is 0 Å². The van der Waals surface area contributed by atoms with Gasteiger partial charge in [0.05, 0.1) is 17.1 Å². The molecular formula is C12H18N4O2. The van der Waals surface area contributed by atoms with Crippen molar-refractivity contribution in [3.63, 3.8) is 0 Å². The summed E-state index contributed by atoms with van der Waals surface area (Å²) in [5, 5.41) is 13.8. The maximum Gasteiger partial charge on any atom is 0.276 e. The van der Waals surface area contributed by atoms with Crippen molar-refractivity contribution >= 4 is 17.3 Å². The van der Waals surface area contributed by atoms with Crippen molar-refractivity contribution in [3.8, 4) is 0 Å². The van der Waals surface area contributed by atoms with Crippen molar-refractivity contribution in [2.75, 3.05) is 23.8 Å². The molecule has 0 spiro atoms. The van der Waals surface area contributed by atoms with Crippen LogP contribution in [-0.2, 0) is 0 Å². The van der Waals surface area contributed by atoms with Gasteiger partial charge in [0.2, 0.25) is 0 Å². The van der Waals surface area contributed by atoms with Gasteiger partial charge in [0.15, 0.2) is 0 Å². The van der Waals surface area contributed by atoms with Crippen LogP contribution in [0.25, 0.3) is 0 Å². The molecule has 2 rings (SSSR count). The Balaban J connectivity index is 2.44. The largest absolute Gasteiger partial charge is 0.373 e. The topological polar surface area (TPSA) is 71.3 Å². The fraction of sp³-hybridized carbons (Fsp3) is 0.583. The zero-order valence-corrected chi connectivity index (χ0v) is 10.9. The zero-order chi connectivity index (χ0) is 13.3. The molecule has 6 heteroatoms. The minimum Gasteiger partial charge on any atom is -0.373 e. The van der Waals surface area contributed by atoms with Gasteiger partial charge < -0.3 is 10.2 Å². The molecule has 0 radical (unpaired) electrons. The van der Waals surface area contributed by atoms with Gasteiger partial charge in [-0.1, -0.05) is 0 Å². The van der Waals surface area contributed by atoms with Crippen LogP contribution >= 0.6 is 0 Å². The summed E-state index contributed by atoms with van der Waals surface area (Å²) in [7, 11) is 1.71. The number of rotatable bonds is 3. The summed E-state index contributed by atoms with van der Waals surface area (Å²) < 4.78 is 0. The SMILES string of the molecule is CNc1cc([N+](=O)[O-])cc(N2CCCC2(C)C)n1. The summed E-state index contributed by atoms with van der Waals surface area (Å²) in [4.78, 5) is 17.1. The lowest BCUT2D eigenvalue weighted by atomic mass is 10.0. The Kier molecular flexibility index (Phi) is 3.11. The number of anilines is 2. The van der Waals surface area contributed by atoms with Crippen LogP contribution in [0.4, 0.5) is 17.3 Å². The van der Waals surface area contributed by atoms with Crippen molar-refractivity contribution in [2.45, 2.75) is 32.2 Å². The zero-order valence-electron chi connectivity index (χ0n) is 10.9. The lowest BCUT2D eigenvalue weighted by Crippen LogP contribution is -2.38. The molecule has 0 amide bonds. The first-order valence-electron chi connectivity index (χ1n) is 6.06. The maximum absolute atomic E-state index is 10.9. The number of hydrogen-bond donors (Lipinski definition) is 1. The van der Waals surface area contributed by atoms with E-state index < -0.39 is 0 Å². The summed E-state index contributed by atoms with van der Waals surface area (Å²) in [6, 6.07) is 3.00. The van der Waals surface area contributed by atoms with Crippen LogP contribution in [0.3, 0.4) is 0 Å². The quantitative estimate of drug-likeness (QED) is 0.659. The van der Waals surface area contributed by atoms with E-state index in [9.17, 15) is 10.1 Å². The minimum absolute atomic E-state index is 0.00718. The second kappa shape index (κ2) is 4.44. The smallest absolute Gasteiger partial charge is 0.276 e. The Morgan fingerprint density at radius 1 is 1.50 bits per heavy atom. The molecule has 0 aliphatic carbocycles. The number of nitrogens with one attached hydrogen (secondary N) is 1. The highest BCUT2D eigenvalue weighted by Crippen LogP contribution is 2.34. The van der Waals surface area contributed by atoms with E-state index in [0.717, 1.165) is 19.4 Å². The third-order valence-electron chi connectivity index (χ3n) is 3.44. The number of hydrogen-bond acceptors (Lipinski definition) is 5. The predicted octanol–water partition coefficient (Wildman–Crippen LogP) is 2.41. The summed E-state index contributed by atoms with van der Waals surface area (Å²) in [5.74, 6) is 1.21. The van der Waals surface area contributed by atoms with Crippen LogP contribution < -0.4 is 10.2 Å². The molecule has 0 saturated carbocycles. The molecule has 0 atom stereocenters. The summed E-state index contributed by atoms with van der Waals surface area (Å²) in [6.07, 6.45) is 2.17. The first-order chi connectivity index (χ1) is 8.44. The molecule has 1 N–H and O–H groups in total. The summed E-state index contributed by atoms with van der Waals surface area (Å²) >= 11 is 0. The molecule has 0 unspecified atom stereocenters. The van der Waals surface area contributed by atoms with E-state index >= 15 is 0 Å². The minimum atomic E-state index is -0.380. The van der Waals surface area contributed by atoms with Crippen LogP contribution in [-0.4, -0.2) is 29.0 Å². The van der Waals surface area contributed by atoms with E-state index in [1.165, 1.54) is 6.07 Å². The second-order valence-electron chi connectivity index (χ2n) is 5.14. The summed E-state index contributed by atoms with van der Waals surface area (Å²) in [6.45, 7) is 5.17. The first kappa shape index (κ1) is 12.6. The van der Waals surface area contributed by atoms with Gasteiger partial charge in [0, 0.05) is 19.1 Å². The molecule has 6 nitrogen and oxygen atoms in total. The predicted molar refractivity (Wildman–Crippen MR) is 71.1 cm³/mol. The van der Waals surface area contributed by atoms with Gasteiger partial charge in [-0.2, -0.15) is 0 Å². The molecular weight excluding hydrogens is 232 g/mol. The van der Waals surface area contributed by atoms with E-state index in [4.69, 9.17) is 0 Å². The van der Waals surface area contributed by atoms with Gasteiger partial charge in [-0.05, 0) is 26.7 Å². The Labute approximate surface area is 106 Å². The van der Waals surface area contributed by atoms with E-state index in [2.05, 4.69) is 29.0 Å². The molecule has 18 heavy (non-hydrogen) atoms. The Morgan fingerprint density at radius 2 is 2.22 bits per heavy atom. The molecule has 1 aliphatic rings. The summed E-state index contributed by atoms with van der Waals surface area (Å²) in [5.41, 5.74) is 0.0831. The molecule has 1 aliphatic heterocycles. The lowest BCUT2D eigenvalue weighted by molar-refractivity contribution is -0.384. The van der Waals surface area contributed by atoms with Crippen molar-refractivity contribution in [3.05, 3.63) is 22.2 Å². The highest BCUT2D eigenvalue weighted by Gasteiger charge is 2.33. The van der Waals surface area contributed by atoms with Crippen molar-refractivity contribution in [1.82, 2.24) is 4.98 Å². The first-order valence-corrected chi connectivity index (χ1v) is 6.06. The van der Waals surface area contributed by atoms with Gasteiger partial charge >= 0.3 is 0 Å². The molecule has 1 aromatic heterocycles. The van der Waals surface area contributed by atoms with Gasteiger partial charge in [-0.3, -0.25) is 10.1 Å². The van der Waals surface area contributed by atoms with Gasteiger partial charge in [0.25, 0.3) is 5.69 Å². The molecule has 98 valence electrons. The van der Waals surface area contributed by atoms with Crippen molar-refractivity contribution in [2.24, 2.45) is 0 Å². The lowest BCUT2D eigenvalue weighted by Gasteiger charge is -2.32. The van der Waals surface area contributed by atoms with Crippen LogP contribution in [0, 0.1) is 10.1 Å². The highest BCUT2D eigenvalue weighted by atomic mass is 16.6. The monoisotopic (exact) mass is 250 g/mol. The number of nitrogens with zero attached hydrogens (tertiary/aromatic N) is 3. The highest BCUT2D eigenvalue weighted by molar-refractivity contribution is 5.57. The molecule has 1 fully saturated rings. The Morgan fingerprint density at radius 3 is 2.72 bits per heavy atom. The Bertz CT molecular complexity index is 473. The van der Waals surface area contributed by atoms with Gasteiger partial charge in [0.1, 0.15) is 11.6 Å². The van der Waals surface area contributed by atoms with E-state index in [-0.39, 0.29) is 16.1 Å². The average molecular weight is 250 g/mol. The van der Waals surface area contributed by atoms with Crippen molar-refractivity contribution < 1.29 is 4.92 Å². The third kappa shape index (κ3) is 2.23. The average Bonchev–Trinajstić information content (AvgIpc) is 2.68. The number of aromatic nitrogens is 1. The normalized spacial score (nSPS) is 17.8. The van der Waals surface area contributed by atoms with Crippen LogP contribution in [0.1, 0.15) is 26.7 Å². The van der Waals surface area contributed by atoms with Crippen LogP contribution in [0.15, 0.2) is 12.1 Å². The molecule has 2 heterocycles. The molecule has 0 aromatic carbocycles. The molecule has 0 bridgehead atoms. The Hall–Kier alpha value is -1.85. The fourth-order valence-electron chi connectivity index (χ4n) is 2.41. The van der Waals surface area contributed by atoms with Crippen molar-refractivity contribution in [1.29, 1.82) is 0 Å². The standard InChI is InChI=1S/C12H18N4O2/c1-12(2)5-4-6-15(12)11-8-9(16(17)18)7-10(13-3)14-11/h7-8H,4-6H2,1-3H3,(H,13,14). The molecule has 1 aromatic rings. The van der Waals surface area contributed by atoms with E-state index in [0.29, 0.717) is 11.6 Å². The van der Waals surface area contributed by atoms with Crippen LogP contribution in [0.2, 0.25) is 0 Å². The fourth-order valence-corrected chi connectivity index (χ4v) is 2.41. The number of pyridine rings is 1. The molecule has 1 saturated heterocycles.